The molecule has 2 aromatic rings. The zero-order chi connectivity index (χ0) is 20.5. The van der Waals surface area contributed by atoms with E-state index >= 15 is 0 Å². The van der Waals surface area contributed by atoms with Gasteiger partial charge in [-0.1, -0.05) is 53.9 Å². The van der Waals surface area contributed by atoms with Crippen molar-refractivity contribution in [1.29, 1.82) is 0 Å². The van der Waals surface area contributed by atoms with Gasteiger partial charge in [0.15, 0.2) is 6.10 Å². The molecule has 0 aromatic heterocycles. The fraction of sp³-hybridized carbons (Fsp3) is 0.278. The lowest BCUT2D eigenvalue weighted by atomic mass is 10.2. The molecule has 28 heavy (non-hydrogen) atoms. The lowest BCUT2D eigenvalue weighted by Gasteiger charge is -2.35. The molecule has 0 saturated heterocycles. The number of benzene rings is 2. The van der Waals surface area contributed by atoms with Gasteiger partial charge in [-0.15, -0.1) is 0 Å². The summed E-state index contributed by atoms with van der Waals surface area (Å²) < 4.78 is 33.6. The van der Waals surface area contributed by atoms with Gasteiger partial charge in [0.05, 0.1) is 22.3 Å². The van der Waals surface area contributed by atoms with Crippen molar-refractivity contribution in [2.75, 3.05) is 17.4 Å². The number of sulfonamides is 1. The molecule has 1 aliphatic rings. The maximum Gasteiger partial charge on any atom is 0.267 e. The maximum absolute atomic E-state index is 13.4. The maximum atomic E-state index is 13.4. The third-order valence-corrected chi connectivity index (χ3v) is 7.01. The standard InChI is InChI=1S/C18H17Cl3N2O4S/c1-2-7-22-18(24)16-10-23(14-5-3-4-6-15(14)27-16)28(25,26)17-12(20)8-11(19)9-13(17)21/h3-6,8-9,16H,2,7,10H2,1H3,(H,22,24)/t16-/m1/s1. The number of fused-ring (bicyclic) bond motifs is 1. The molecule has 1 atom stereocenters. The summed E-state index contributed by atoms with van der Waals surface area (Å²) in [6.45, 7) is 2.16. The molecule has 6 nitrogen and oxygen atoms in total. The van der Waals surface area contributed by atoms with Crippen LogP contribution in [0.1, 0.15) is 13.3 Å². The number of nitrogens with one attached hydrogen (secondary N) is 1. The van der Waals surface area contributed by atoms with Crippen molar-refractivity contribution in [1.82, 2.24) is 5.32 Å². The van der Waals surface area contributed by atoms with Crippen molar-refractivity contribution in [2.45, 2.75) is 24.3 Å². The molecule has 1 heterocycles. The number of carbonyl (C=O) groups is 1. The first-order chi connectivity index (χ1) is 13.3. The predicted octanol–water partition coefficient (Wildman–Crippen LogP) is 4.13. The Labute approximate surface area is 178 Å². The van der Waals surface area contributed by atoms with Gasteiger partial charge in [-0.05, 0) is 30.7 Å². The lowest BCUT2D eigenvalue weighted by Crippen LogP contribution is -2.50. The Kier molecular flexibility index (Phi) is 6.29. The highest BCUT2D eigenvalue weighted by molar-refractivity contribution is 7.93. The van der Waals surface area contributed by atoms with E-state index in [1.54, 1.807) is 24.3 Å². The van der Waals surface area contributed by atoms with Gasteiger partial charge in [0.25, 0.3) is 15.9 Å². The fourth-order valence-corrected chi connectivity index (χ4v) is 5.79. The number of ether oxygens (including phenoxy) is 1. The molecule has 150 valence electrons. The van der Waals surface area contributed by atoms with Gasteiger partial charge in [-0.3, -0.25) is 9.10 Å². The number of anilines is 1. The number of rotatable bonds is 5. The largest absolute Gasteiger partial charge is 0.476 e. The van der Waals surface area contributed by atoms with E-state index < -0.39 is 22.0 Å². The lowest BCUT2D eigenvalue weighted by molar-refractivity contribution is -0.127. The summed E-state index contributed by atoms with van der Waals surface area (Å²) in [6.07, 6.45) is -0.270. The molecule has 3 rings (SSSR count). The molecule has 1 amide bonds. The minimum absolute atomic E-state index is 0.103. The Balaban J connectivity index is 2.07. The van der Waals surface area contributed by atoms with Crippen LogP contribution in [-0.2, 0) is 14.8 Å². The Morgan fingerprint density at radius 2 is 1.86 bits per heavy atom. The number of halogens is 3. The number of amides is 1. The third kappa shape index (κ3) is 4.03. The molecule has 0 radical (unpaired) electrons. The van der Waals surface area contributed by atoms with Gasteiger partial charge in [-0.25, -0.2) is 8.42 Å². The fourth-order valence-electron chi connectivity index (χ4n) is 2.81. The highest BCUT2D eigenvalue weighted by atomic mass is 35.5. The van der Waals surface area contributed by atoms with E-state index in [1.165, 1.54) is 12.1 Å². The van der Waals surface area contributed by atoms with Crippen LogP contribution in [0, 0.1) is 0 Å². The van der Waals surface area contributed by atoms with Crippen LogP contribution in [0.15, 0.2) is 41.3 Å². The minimum Gasteiger partial charge on any atom is -0.476 e. The van der Waals surface area contributed by atoms with Crippen molar-refractivity contribution in [3.63, 3.8) is 0 Å². The van der Waals surface area contributed by atoms with E-state index in [4.69, 9.17) is 39.5 Å². The number of para-hydroxylation sites is 2. The van der Waals surface area contributed by atoms with Crippen LogP contribution in [-0.4, -0.2) is 33.5 Å². The summed E-state index contributed by atoms with van der Waals surface area (Å²) in [6, 6.07) is 9.16. The molecule has 1 N–H and O–H groups in total. The summed E-state index contributed by atoms with van der Waals surface area (Å²) in [7, 11) is -4.19. The molecule has 0 saturated carbocycles. The third-order valence-electron chi connectivity index (χ3n) is 4.09. The van der Waals surface area contributed by atoms with Crippen molar-refractivity contribution < 1.29 is 17.9 Å². The SMILES string of the molecule is CCCNC(=O)[C@H]1CN(S(=O)(=O)c2c(Cl)cc(Cl)cc2Cl)c2ccccc2O1. The second-order valence-electron chi connectivity index (χ2n) is 6.10. The monoisotopic (exact) mass is 462 g/mol. The molecule has 10 heteroatoms. The topological polar surface area (TPSA) is 75.7 Å². The van der Waals surface area contributed by atoms with Crippen LogP contribution in [0.5, 0.6) is 5.75 Å². The van der Waals surface area contributed by atoms with Crippen molar-refractivity contribution in [3.8, 4) is 5.75 Å². The van der Waals surface area contributed by atoms with E-state index in [1.807, 2.05) is 6.92 Å². The molecule has 0 spiro atoms. The van der Waals surface area contributed by atoms with Crippen molar-refractivity contribution in [3.05, 3.63) is 51.5 Å². The zero-order valence-electron chi connectivity index (χ0n) is 14.8. The Bertz CT molecular complexity index is 991. The molecular formula is C18H17Cl3N2O4S. The van der Waals surface area contributed by atoms with Crippen LogP contribution in [0.2, 0.25) is 15.1 Å². The molecule has 0 unspecified atom stereocenters. The van der Waals surface area contributed by atoms with E-state index in [0.29, 0.717) is 12.2 Å². The minimum atomic E-state index is -4.19. The van der Waals surface area contributed by atoms with Gasteiger partial charge < -0.3 is 10.1 Å². The van der Waals surface area contributed by atoms with Crippen LogP contribution < -0.4 is 14.4 Å². The zero-order valence-corrected chi connectivity index (χ0v) is 17.9. The van der Waals surface area contributed by atoms with E-state index in [2.05, 4.69) is 5.32 Å². The smallest absolute Gasteiger partial charge is 0.267 e. The second kappa shape index (κ2) is 8.37. The average molecular weight is 464 g/mol. The van der Waals surface area contributed by atoms with Gasteiger partial charge in [0.1, 0.15) is 10.6 Å². The van der Waals surface area contributed by atoms with E-state index in [0.717, 1.165) is 10.7 Å². The van der Waals surface area contributed by atoms with Crippen molar-refractivity contribution >= 4 is 56.4 Å². The highest BCUT2D eigenvalue weighted by Gasteiger charge is 2.39. The number of hydrogen-bond donors (Lipinski definition) is 1. The normalized spacial score (nSPS) is 16.3. The first-order valence-electron chi connectivity index (χ1n) is 8.46. The molecule has 0 aliphatic carbocycles. The molecule has 0 fully saturated rings. The molecule has 0 bridgehead atoms. The van der Waals surface area contributed by atoms with E-state index in [-0.39, 0.29) is 32.3 Å². The second-order valence-corrected chi connectivity index (χ2v) is 9.15. The number of nitrogens with zero attached hydrogens (tertiary/aromatic N) is 1. The summed E-state index contributed by atoms with van der Waals surface area (Å²) in [4.78, 5) is 12.2. The molecule has 2 aromatic carbocycles. The van der Waals surface area contributed by atoms with Gasteiger partial charge in [0.2, 0.25) is 0 Å². The van der Waals surface area contributed by atoms with Gasteiger partial charge >= 0.3 is 0 Å². The summed E-state index contributed by atoms with van der Waals surface area (Å²) in [5.41, 5.74) is 0.295. The Morgan fingerprint density at radius 3 is 2.50 bits per heavy atom. The van der Waals surface area contributed by atoms with Crippen LogP contribution in [0.3, 0.4) is 0 Å². The molecular weight excluding hydrogens is 447 g/mol. The number of carbonyl (C=O) groups excluding carboxylic acids is 1. The summed E-state index contributed by atoms with van der Waals surface area (Å²) in [5.74, 6) is -0.125. The van der Waals surface area contributed by atoms with E-state index in [9.17, 15) is 13.2 Å². The quantitative estimate of drug-likeness (QED) is 0.723. The average Bonchev–Trinajstić information content (AvgIpc) is 2.64. The van der Waals surface area contributed by atoms with Crippen LogP contribution in [0.4, 0.5) is 5.69 Å². The predicted molar refractivity (Wildman–Crippen MR) is 110 cm³/mol. The number of hydrogen-bond acceptors (Lipinski definition) is 4. The van der Waals surface area contributed by atoms with Gasteiger partial charge in [0, 0.05) is 11.6 Å². The highest BCUT2D eigenvalue weighted by Crippen LogP contribution is 2.41. The summed E-state index contributed by atoms with van der Waals surface area (Å²) >= 11 is 18.2. The Hall–Kier alpha value is -1.67. The Morgan fingerprint density at radius 1 is 1.21 bits per heavy atom. The molecule has 1 aliphatic heterocycles. The van der Waals surface area contributed by atoms with Crippen LogP contribution >= 0.6 is 34.8 Å². The first kappa shape index (κ1) is 21.0. The first-order valence-corrected chi connectivity index (χ1v) is 11.0. The summed E-state index contributed by atoms with van der Waals surface area (Å²) in [5, 5.41) is 2.73. The van der Waals surface area contributed by atoms with Crippen molar-refractivity contribution in [2.24, 2.45) is 0 Å². The van der Waals surface area contributed by atoms with Crippen LogP contribution in [0.25, 0.3) is 0 Å². The van der Waals surface area contributed by atoms with Gasteiger partial charge in [-0.2, -0.15) is 0 Å².